The lowest BCUT2D eigenvalue weighted by molar-refractivity contribution is 0.0977. The number of carbonyl (C=O) groups is 1. The van der Waals surface area contributed by atoms with Crippen molar-refractivity contribution in [2.75, 3.05) is 12.4 Å². The third kappa shape index (κ3) is 5.47. The Morgan fingerprint density at radius 2 is 1.94 bits per heavy atom. The number of fused-ring (bicyclic) bond motifs is 1. The van der Waals surface area contributed by atoms with Crippen molar-refractivity contribution >= 4 is 51.6 Å². The van der Waals surface area contributed by atoms with E-state index in [2.05, 4.69) is 15.6 Å². The largest absolute Gasteiger partial charge is 0.495 e. The van der Waals surface area contributed by atoms with E-state index >= 15 is 0 Å². The molecule has 4 aromatic rings. The number of hydrogen-bond donors (Lipinski definition) is 2. The molecule has 2 N–H and O–H groups in total. The second-order valence-electron chi connectivity index (χ2n) is 7.65. The molecule has 174 valence electrons. The number of benzene rings is 3. The van der Waals surface area contributed by atoms with Gasteiger partial charge in [-0.05, 0) is 80.7 Å². The van der Waals surface area contributed by atoms with E-state index in [1.54, 1.807) is 61.7 Å². The van der Waals surface area contributed by atoms with Crippen molar-refractivity contribution in [3.8, 4) is 23.0 Å². The van der Waals surface area contributed by atoms with Crippen LogP contribution in [0, 0.1) is 0 Å². The van der Waals surface area contributed by atoms with Crippen LogP contribution in [0.2, 0.25) is 5.02 Å². The predicted molar refractivity (Wildman–Crippen MR) is 137 cm³/mol. The van der Waals surface area contributed by atoms with E-state index in [1.165, 1.54) is 0 Å². The molecule has 0 aliphatic heterocycles. The molecule has 9 heteroatoms. The molecule has 34 heavy (non-hydrogen) atoms. The number of rotatable bonds is 6. The van der Waals surface area contributed by atoms with Gasteiger partial charge in [-0.1, -0.05) is 17.7 Å². The normalized spacial score (nSPS) is 10.9. The number of halogens is 1. The molecular formula is C25H22ClN3O4S. The van der Waals surface area contributed by atoms with Crippen LogP contribution >= 0.6 is 23.8 Å². The average molecular weight is 496 g/mol. The summed E-state index contributed by atoms with van der Waals surface area (Å²) in [5.41, 5.74) is 3.05. The third-order valence-corrected chi connectivity index (χ3v) is 5.24. The molecule has 0 aliphatic carbocycles. The van der Waals surface area contributed by atoms with Crippen LogP contribution in [0.25, 0.3) is 22.6 Å². The molecule has 0 fully saturated rings. The summed E-state index contributed by atoms with van der Waals surface area (Å²) in [5, 5.41) is 6.30. The van der Waals surface area contributed by atoms with E-state index in [9.17, 15) is 4.79 Å². The maximum absolute atomic E-state index is 12.6. The first-order valence-electron chi connectivity index (χ1n) is 10.5. The van der Waals surface area contributed by atoms with E-state index in [1.807, 2.05) is 19.9 Å². The molecule has 0 radical (unpaired) electrons. The topological polar surface area (TPSA) is 85.6 Å². The van der Waals surface area contributed by atoms with Crippen molar-refractivity contribution in [3.05, 3.63) is 71.2 Å². The van der Waals surface area contributed by atoms with E-state index in [0.29, 0.717) is 44.8 Å². The number of carbonyl (C=O) groups excluding carboxylic acids is 1. The molecule has 1 amide bonds. The molecule has 0 aliphatic rings. The first-order valence-corrected chi connectivity index (χ1v) is 11.2. The molecule has 0 bridgehead atoms. The summed E-state index contributed by atoms with van der Waals surface area (Å²) in [7, 11) is 1.56. The fourth-order valence-corrected chi connectivity index (χ4v) is 3.72. The van der Waals surface area contributed by atoms with E-state index in [0.717, 1.165) is 5.56 Å². The second kappa shape index (κ2) is 10.1. The van der Waals surface area contributed by atoms with E-state index in [-0.39, 0.29) is 17.1 Å². The van der Waals surface area contributed by atoms with Gasteiger partial charge >= 0.3 is 0 Å². The maximum atomic E-state index is 12.6. The van der Waals surface area contributed by atoms with Crippen LogP contribution in [-0.2, 0) is 0 Å². The minimum atomic E-state index is -0.340. The van der Waals surface area contributed by atoms with Gasteiger partial charge in [0.05, 0.1) is 18.2 Å². The van der Waals surface area contributed by atoms with Gasteiger partial charge in [0.15, 0.2) is 10.7 Å². The summed E-state index contributed by atoms with van der Waals surface area (Å²) < 4.78 is 16.7. The minimum absolute atomic E-state index is 0.00900. The Labute approximate surface area is 207 Å². The highest BCUT2D eigenvalue weighted by atomic mass is 35.5. The van der Waals surface area contributed by atoms with Gasteiger partial charge in [-0.2, -0.15) is 0 Å². The van der Waals surface area contributed by atoms with E-state index in [4.69, 9.17) is 37.7 Å². The number of anilines is 1. The van der Waals surface area contributed by atoms with Gasteiger partial charge in [-0.25, -0.2) is 4.98 Å². The number of aromatic nitrogens is 1. The molecular weight excluding hydrogens is 474 g/mol. The summed E-state index contributed by atoms with van der Waals surface area (Å²) in [4.78, 5) is 17.1. The average Bonchev–Trinajstić information content (AvgIpc) is 3.22. The number of oxazole rings is 1. The first kappa shape index (κ1) is 23.5. The Morgan fingerprint density at radius 3 is 2.68 bits per heavy atom. The zero-order valence-corrected chi connectivity index (χ0v) is 20.3. The first-order chi connectivity index (χ1) is 16.3. The van der Waals surface area contributed by atoms with Gasteiger partial charge in [0, 0.05) is 16.8 Å². The Kier molecular flexibility index (Phi) is 7.00. The quantitative estimate of drug-likeness (QED) is 0.314. The molecule has 0 spiro atoms. The number of amides is 1. The second-order valence-corrected chi connectivity index (χ2v) is 8.47. The lowest BCUT2D eigenvalue weighted by Crippen LogP contribution is -2.34. The SMILES string of the molecule is COc1ccc(-c2nc3cc(NC(=S)NC(=O)c4cccc(OC(C)C)c4)ccc3o2)cc1Cl. The number of nitrogens with zero attached hydrogens (tertiary/aromatic N) is 1. The molecule has 0 saturated carbocycles. The maximum Gasteiger partial charge on any atom is 0.257 e. The van der Waals surface area contributed by atoms with Crippen LogP contribution in [0.3, 0.4) is 0 Å². The van der Waals surface area contributed by atoms with Gasteiger partial charge in [0.1, 0.15) is 17.0 Å². The zero-order valence-electron chi connectivity index (χ0n) is 18.7. The summed E-state index contributed by atoms with van der Waals surface area (Å²) >= 11 is 11.5. The Balaban J connectivity index is 1.45. The molecule has 1 aromatic heterocycles. The lowest BCUT2D eigenvalue weighted by Gasteiger charge is -2.12. The zero-order chi connectivity index (χ0) is 24.2. The summed E-state index contributed by atoms with van der Waals surface area (Å²) in [6, 6.07) is 17.6. The van der Waals surface area contributed by atoms with Crippen LogP contribution in [0.4, 0.5) is 5.69 Å². The highest BCUT2D eigenvalue weighted by Gasteiger charge is 2.13. The Morgan fingerprint density at radius 1 is 1.12 bits per heavy atom. The summed E-state index contributed by atoms with van der Waals surface area (Å²) in [6.45, 7) is 3.85. The highest BCUT2D eigenvalue weighted by Crippen LogP contribution is 2.32. The third-order valence-electron chi connectivity index (χ3n) is 4.74. The molecule has 4 rings (SSSR count). The van der Waals surface area contributed by atoms with Gasteiger partial charge in [-0.15, -0.1) is 0 Å². The Bertz CT molecular complexity index is 1370. The van der Waals surface area contributed by atoms with E-state index < -0.39 is 0 Å². The molecule has 7 nitrogen and oxygen atoms in total. The number of hydrogen-bond acceptors (Lipinski definition) is 6. The van der Waals surface area contributed by atoms with Crippen molar-refractivity contribution in [3.63, 3.8) is 0 Å². The molecule has 3 aromatic carbocycles. The van der Waals surface area contributed by atoms with Crippen molar-refractivity contribution in [2.24, 2.45) is 0 Å². The number of thiocarbonyl (C=S) groups is 1. The highest BCUT2D eigenvalue weighted by molar-refractivity contribution is 7.80. The van der Waals surface area contributed by atoms with Crippen LogP contribution < -0.4 is 20.1 Å². The summed E-state index contributed by atoms with van der Waals surface area (Å²) in [6.07, 6.45) is 0.00900. The molecule has 0 unspecified atom stereocenters. The lowest BCUT2D eigenvalue weighted by atomic mass is 10.2. The monoisotopic (exact) mass is 495 g/mol. The standard InChI is InChI=1S/C25H22ClN3O4S/c1-14(2)32-18-6-4-5-15(11-18)23(30)29-25(34)27-17-8-10-22-20(13-17)28-24(33-22)16-7-9-21(31-3)19(26)12-16/h4-14H,1-3H3,(H2,27,29,30,34). The number of nitrogens with one attached hydrogen (secondary N) is 2. The van der Waals surface area contributed by atoms with Crippen LogP contribution in [-0.4, -0.2) is 29.2 Å². The van der Waals surface area contributed by atoms with Crippen molar-refractivity contribution in [2.45, 2.75) is 20.0 Å². The summed E-state index contributed by atoms with van der Waals surface area (Å²) in [5.74, 6) is 1.28. The molecule has 1 heterocycles. The fraction of sp³-hybridized carbons (Fsp3) is 0.160. The van der Waals surface area contributed by atoms with Gasteiger partial charge in [-0.3, -0.25) is 10.1 Å². The smallest absolute Gasteiger partial charge is 0.257 e. The van der Waals surface area contributed by atoms with Crippen molar-refractivity contribution in [1.29, 1.82) is 0 Å². The number of ether oxygens (including phenoxy) is 2. The molecule has 0 atom stereocenters. The van der Waals surface area contributed by atoms with Gasteiger partial charge in [0.2, 0.25) is 5.89 Å². The van der Waals surface area contributed by atoms with Crippen molar-refractivity contribution < 1.29 is 18.7 Å². The van der Waals surface area contributed by atoms with Crippen LogP contribution in [0.1, 0.15) is 24.2 Å². The number of methoxy groups -OCH3 is 1. The van der Waals surface area contributed by atoms with Crippen molar-refractivity contribution in [1.82, 2.24) is 10.3 Å². The Hall–Kier alpha value is -3.62. The fourth-order valence-electron chi connectivity index (χ4n) is 3.25. The predicted octanol–water partition coefficient (Wildman–Crippen LogP) is 6.07. The minimum Gasteiger partial charge on any atom is -0.495 e. The van der Waals surface area contributed by atoms with Crippen LogP contribution in [0.5, 0.6) is 11.5 Å². The molecule has 0 saturated heterocycles. The van der Waals surface area contributed by atoms with Gasteiger partial charge < -0.3 is 19.2 Å². The van der Waals surface area contributed by atoms with Gasteiger partial charge in [0.25, 0.3) is 5.91 Å². The van der Waals surface area contributed by atoms with Crippen LogP contribution in [0.15, 0.2) is 65.1 Å².